The number of rotatable bonds is 8. The number of hydrogen-bond donors (Lipinski definition) is 1. The molecule has 3 aromatic rings. The first-order valence-corrected chi connectivity index (χ1v) is 11.1. The molecule has 0 spiro atoms. The maximum absolute atomic E-state index is 13.3. The molecule has 0 bridgehead atoms. The number of aromatic nitrogens is 1. The summed E-state index contributed by atoms with van der Waals surface area (Å²) in [4.78, 5) is 27.7. The van der Waals surface area contributed by atoms with Gasteiger partial charge in [0.05, 0.1) is 26.4 Å². The number of benzene rings is 2. The molecule has 2 aromatic carbocycles. The largest absolute Gasteiger partial charge is 0.507 e. The zero-order valence-corrected chi connectivity index (χ0v) is 19.9. The molecule has 0 saturated carbocycles. The van der Waals surface area contributed by atoms with Crippen molar-refractivity contribution in [1.29, 1.82) is 0 Å². The number of para-hydroxylation sites is 1. The number of carbonyl (C=O) groups excluding carboxylic acids is 2. The van der Waals surface area contributed by atoms with Crippen LogP contribution in [-0.4, -0.2) is 42.8 Å². The van der Waals surface area contributed by atoms with Gasteiger partial charge in [-0.2, -0.15) is 0 Å². The van der Waals surface area contributed by atoms with Crippen LogP contribution in [0.3, 0.4) is 0 Å². The van der Waals surface area contributed by atoms with E-state index in [0.717, 1.165) is 6.42 Å². The minimum atomic E-state index is -1.04. The third-order valence-electron chi connectivity index (χ3n) is 5.64. The van der Waals surface area contributed by atoms with E-state index in [1.165, 1.54) is 19.1 Å². The summed E-state index contributed by atoms with van der Waals surface area (Å²) >= 11 is 0. The fraction of sp³-hybridized carbons (Fsp3) is 0.269. The number of aliphatic hydroxyl groups is 1. The van der Waals surface area contributed by atoms with Gasteiger partial charge in [-0.15, -0.1) is 0 Å². The maximum atomic E-state index is 13.3. The monoisotopic (exact) mass is 478 g/mol. The van der Waals surface area contributed by atoms with E-state index in [1.807, 2.05) is 6.92 Å². The van der Waals surface area contributed by atoms with E-state index in [4.69, 9.17) is 18.7 Å². The molecule has 1 N–H and O–H groups in total. The van der Waals surface area contributed by atoms with Gasteiger partial charge in [0.25, 0.3) is 5.78 Å². The molecule has 0 aliphatic carbocycles. The van der Waals surface area contributed by atoms with Gasteiger partial charge in [-0.05, 0) is 43.7 Å². The van der Waals surface area contributed by atoms with Crippen molar-refractivity contribution in [2.45, 2.75) is 26.3 Å². The number of carbonyl (C=O) groups is 2. The highest BCUT2D eigenvalue weighted by Crippen LogP contribution is 2.47. The second-order valence-corrected chi connectivity index (χ2v) is 7.92. The van der Waals surface area contributed by atoms with Crippen LogP contribution in [0.1, 0.15) is 36.3 Å². The van der Waals surface area contributed by atoms with E-state index >= 15 is 0 Å². The predicted octanol–water partition coefficient (Wildman–Crippen LogP) is 4.42. The molecule has 1 aromatic heterocycles. The molecule has 1 unspecified atom stereocenters. The number of hydrogen-bond acceptors (Lipinski definition) is 8. The molecule has 182 valence electrons. The van der Waals surface area contributed by atoms with Crippen molar-refractivity contribution in [1.82, 2.24) is 5.16 Å². The van der Waals surface area contributed by atoms with E-state index in [-0.39, 0.29) is 17.2 Å². The van der Waals surface area contributed by atoms with Crippen LogP contribution in [0.15, 0.2) is 58.6 Å². The third-order valence-corrected chi connectivity index (χ3v) is 5.64. The van der Waals surface area contributed by atoms with Gasteiger partial charge in [-0.3, -0.25) is 14.5 Å². The fourth-order valence-corrected chi connectivity index (χ4v) is 4.04. The highest BCUT2D eigenvalue weighted by Gasteiger charge is 2.49. The van der Waals surface area contributed by atoms with Crippen LogP contribution < -0.4 is 19.1 Å². The molecular formula is C26H26N2O7. The number of methoxy groups -OCH3 is 2. The normalized spacial score (nSPS) is 17.0. The number of nitrogens with zero attached hydrogens (tertiary/aromatic N) is 2. The number of ether oxygens (including phenoxy) is 3. The molecule has 1 amide bonds. The summed E-state index contributed by atoms with van der Waals surface area (Å²) in [6.45, 7) is 4.24. The van der Waals surface area contributed by atoms with Crippen LogP contribution in [0.2, 0.25) is 0 Å². The lowest BCUT2D eigenvalue weighted by Gasteiger charge is -2.25. The molecule has 0 radical (unpaired) electrons. The van der Waals surface area contributed by atoms with Gasteiger partial charge in [0.2, 0.25) is 0 Å². The fourth-order valence-electron chi connectivity index (χ4n) is 4.04. The van der Waals surface area contributed by atoms with Gasteiger partial charge in [0.1, 0.15) is 23.3 Å². The zero-order valence-electron chi connectivity index (χ0n) is 19.9. The molecular weight excluding hydrogens is 452 g/mol. The Morgan fingerprint density at radius 3 is 2.46 bits per heavy atom. The Morgan fingerprint density at radius 1 is 1.11 bits per heavy atom. The molecule has 1 saturated heterocycles. The van der Waals surface area contributed by atoms with E-state index in [9.17, 15) is 14.7 Å². The highest BCUT2D eigenvalue weighted by molar-refractivity contribution is 6.51. The number of aryl methyl sites for hydroxylation is 1. The van der Waals surface area contributed by atoms with Crippen molar-refractivity contribution in [2.75, 3.05) is 25.7 Å². The lowest BCUT2D eigenvalue weighted by atomic mass is 9.94. The zero-order chi connectivity index (χ0) is 25.1. The van der Waals surface area contributed by atoms with Crippen molar-refractivity contribution >= 4 is 23.3 Å². The number of anilines is 1. The van der Waals surface area contributed by atoms with Crippen LogP contribution in [-0.2, 0) is 9.59 Å². The smallest absolute Gasteiger partial charge is 0.301 e. The van der Waals surface area contributed by atoms with Gasteiger partial charge in [0, 0.05) is 17.2 Å². The van der Waals surface area contributed by atoms with Crippen molar-refractivity contribution in [2.24, 2.45) is 0 Å². The highest BCUT2D eigenvalue weighted by atomic mass is 16.5. The first-order chi connectivity index (χ1) is 16.9. The summed E-state index contributed by atoms with van der Waals surface area (Å²) in [6, 6.07) is 12.3. The molecule has 2 heterocycles. The first-order valence-electron chi connectivity index (χ1n) is 11.1. The number of Topliss-reactive ketones (excluding diaryl/α,β-unsaturated/α-hetero) is 1. The number of ketones is 1. The van der Waals surface area contributed by atoms with E-state index in [1.54, 1.807) is 55.5 Å². The average Bonchev–Trinajstić information content (AvgIpc) is 3.42. The summed E-state index contributed by atoms with van der Waals surface area (Å²) in [5, 5.41) is 15.2. The maximum Gasteiger partial charge on any atom is 0.301 e. The Kier molecular flexibility index (Phi) is 6.77. The summed E-state index contributed by atoms with van der Waals surface area (Å²) in [7, 11) is 2.95. The average molecular weight is 479 g/mol. The van der Waals surface area contributed by atoms with E-state index in [2.05, 4.69) is 5.16 Å². The Bertz CT molecular complexity index is 1280. The standard InChI is InChI=1S/C26H26N2O7/c1-5-13-34-17-11-9-16(10-12-17)23(29)21-22(18-7-6-8-19(32-3)25(18)33-4)28(26(31)24(21)30)20-14-15(2)35-27-20/h6-12,14,22,29H,5,13H2,1-4H3. The van der Waals surface area contributed by atoms with Gasteiger partial charge in [0.15, 0.2) is 17.3 Å². The summed E-state index contributed by atoms with van der Waals surface area (Å²) in [5.41, 5.74) is 0.690. The second-order valence-electron chi connectivity index (χ2n) is 7.92. The Labute approximate surface area is 202 Å². The van der Waals surface area contributed by atoms with Crippen LogP contribution >= 0.6 is 0 Å². The van der Waals surface area contributed by atoms with Gasteiger partial charge in [-0.25, -0.2) is 0 Å². The lowest BCUT2D eigenvalue weighted by Crippen LogP contribution is -2.30. The molecule has 1 aliphatic rings. The summed E-state index contributed by atoms with van der Waals surface area (Å²) in [5.74, 6) is -0.0775. The Hall–Kier alpha value is -4.27. The van der Waals surface area contributed by atoms with Crippen molar-refractivity contribution in [3.8, 4) is 17.2 Å². The number of aliphatic hydroxyl groups excluding tert-OH is 1. The minimum Gasteiger partial charge on any atom is -0.507 e. The summed E-state index contributed by atoms with van der Waals surface area (Å²) < 4.78 is 21.8. The van der Waals surface area contributed by atoms with Crippen LogP contribution in [0.25, 0.3) is 5.76 Å². The molecule has 4 rings (SSSR count). The van der Waals surface area contributed by atoms with Crippen molar-refractivity contribution in [3.05, 3.63) is 71.0 Å². The Balaban J connectivity index is 1.91. The quantitative estimate of drug-likeness (QED) is 0.288. The van der Waals surface area contributed by atoms with Crippen LogP contribution in [0.4, 0.5) is 5.82 Å². The molecule has 35 heavy (non-hydrogen) atoms. The Morgan fingerprint density at radius 2 is 1.86 bits per heavy atom. The summed E-state index contributed by atoms with van der Waals surface area (Å²) in [6.07, 6.45) is 0.856. The number of amides is 1. The minimum absolute atomic E-state index is 0.107. The van der Waals surface area contributed by atoms with Crippen LogP contribution in [0, 0.1) is 6.92 Å². The van der Waals surface area contributed by atoms with Crippen LogP contribution in [0.5, 0.6) is 17.2 Å². The molecule has 9 heteroatoms. The van der Waals surface area contributed by atoms with E-state index in [0.29, 0.717) is 40.7 Å². The van der Waals surface area contributed by atoms with E-state index < -0.39 is 17.7 Å². The molecule has 1 aliphatic heterocycles. The van der Waals surface area contributed by atoms with Gasteiger partial charge < -0.3 is 23.8 Å². The van der Waals surface area contributed by atoms with Crippen molar-refractivity contribution < 1.29 is 33.4 Å². The topological polar surface area (TPSA) is 111 Å². The van der Waals surface area contributed by atoms with Crippen molar-refractivity contribution in [3.63, 3.8) is 0 Å². The molecule has 1 atom stereocenters. The second kappa shape index (κ2) is 9.92. The van der Waals surface area contributed by atoms with Gasteiger partial charge in [-0.1, -0.05) is 24.2 Å². The van der Waals surface area contributed by atoms with Gasteiger partial charge >= 0.3 is 5.91 Å². The molecule has 1 fully saturated rings. The predicted molar refractivity (Wildman–Crippen MR) is 128 cm³/mol. The molecule has 9 nitrogen and oxygen atoms in total. The third kappa shape index (κ3) is 4.32. The SMILES string of the molecule is CCCOc1ccc(C(O)=C2C(=O)C(=O)N(c3cc(C)on3)C2c2cccc(OC)c2OC)cc1. The first kappa shape index (κ1) is 23.9. The lowest BCUT2D eigenvalue weighted by molar-refractivity contribution is -0.132.